The number of likely N-dealkylation sites (tertiary alicyclic amines) is 2. The molecule has 4 nitrogen and oxygen atoms in total. The van der Waals surface area contributed by atoms with Gasteiger partial charge in [-0.05, 0) is 97.8 Å². The molecule has 6 heteroatoms. The van der Waals surface area contributed by atoms with E-state index in [0.717, 1.165) is 38.0 Å². The van der Waals surface area contributed by atoms with Crippen molar-refractivity contribution in [2.45, 2.75) is 50.0 Å². The molecule has 2 fully saturated rings. The molecule has 35 heavy (non-hydrogen) atoms. The number of hydrogen-bond donors (Lipinski definition) is 1. The summed E-state index contributed by atoms with van der Waals surface area (Å²) in [6, 6.07) is 14.3. The van der Waals surface area contributed by atoms with E-state index in [4.69, 9.17) is 23.2 Å². The number of amides is 1. The van der Waals surface area contributed by atoms with Crippen LogP contribution in [0.4, 0.5) is 0 Å². The van der Waals surface area contributed by atoms with E-state index >= 15 is 0 Å². The first-order valence-electron chi connectivity index (χ1n) is 12.8. The summed E-state index contributed by atoms with van der Waals surface area (Å²) in [6.45, 7) is 4.23. The van der Waals surface area contributed by atoms with Gasteiger partial charge in [0.1, 0.15) is 0 Å². The Morgan fingerprint density at radius 1 is 1.03 bits per heavy atom. The molecule has 1 atom stereocenters. The molecule has 0 saturated carbocycles. The predicted molar refractivity (Wildman–Crippen MR) is 143 cm³/mol. The Balaban J connectivity index is 1.07. The molecule has 2 aliphatic heterocycles. The van der Waals surface area contributed by atoms with Gasteiger partial charge in [0.05, 0.1) is 16.1 Å². The Bertz CT molecular complexity index is 1090. The molecule has 2 aromatic rings. The zero-order chi connectivity index (χ0) is 24.4. The number of halogens is 2. The molecule has 5 rings (SSSR count). The smallest absolute Gasteiger partial charge is 0.246 e. The molecule has 2 heterocycles. The molecule has 0 radical (unpaired) electrons. The van der Waals surface area contributed by atoms with E-state index < -0.39 is 0 Å². The number of carbonyl (C=O) groups excluding carboxylic acids is 1. The third kappa shape index (κ3) is 5.46. The second-order valence-corrected chi connectivity index (χ2v) is 11.3. The minimum absolute atomic E-state index is 0.00202. The van der Waals surface area contributed by atoms with E-state index in [1.54, 1.807) is 29.8 Å². The molecular weight excluding hydrogens is 479 g/mol. The van der Waals surface area contributed by atoms with Crippen LogP contribution in [0.2, 0.25) is 10.0 Å². The number of piperidine rings is 2. The van der Waals surface area contributed by atoms with Gasteiger partial charge >= 0.3 is 0 Å². The lowest BCUT2D eigenvalue weighted by Gasteiger charge is -2.42. The van der Waals surface area contributed by atoms with Crippen molar-refractivity contribution in [3.63, 3.8) is 0 Å². The second-order valence-electron chi connectivity index (χ2n) is 10.5. The largest absolute Gasteiger partial charge is 0.392 e. The van der Waals surface area contributed by atoms with Crippen LogP contribution in [0.25, 0.3) is 6.08 Å². The van der Waals surface area contributed by atoms with Crippen molar-refractivity contribution >= 4 is 35.2 Å². The van der Waals surface area contributed by atoms with Crippen molar-refractivity contribution in [3.8, 4) is 0 Å². The lowest BCUT2D eigenvalue weighted by molar-refractivity contribution is -0.128. The van der Waals surface area contributed by atoms with Crippen LogP contribution >= 0.6 is 23.2 Å². The number of aryl methyl sites for hydroxylation is 1. The number of rotatable bonds is 5. The van der Waals surface area contributed by atoms with Crippen LogP contribution in [0, 0.1) is 5.92 Å². The van der Waals surface area contributed by atoms with Gasteiger partial charge < -0.3 is 14.9 Å². The number of aliphatic hydroxyl groups excluding tert-OH is 1. The summed E-state index contributed by atoms with van der Waals surface area (Å²) in [5, 5.41) is 12.0. The monoisotopic (exact) mass is 512 g/mol. The normalized spacial score (nSPS) is 21.5. The van der Waals surface area contributed by atoms with Gasteiger partial charge in [0, 0.05) is 25.7 Å². The molecule has 1 N–H and O–H groups in total. The summed E-state index contributed by atoms with van der Waals surface area (Å²) < 4.78 is 0. The zero-order valence-corrected chi connectivity index (χ0v) is 21.6. The topological polar surface area (TPSA) is 43.8 Å². The summed E-state index contributed by atoms with van der Waals surface area (Å²) in [7, 11) is 0. The molecule has 2 aromatic carbocycles. The highest BCUT2D eigenvalue weighted by atomic mass is 35.5. The number of fused-ring (bicyclic) bond motifs is 2. The molecular formula is C29H34Cl2N2O2. The molecule has 3 aliphatic rings. The molecule has 1 unspecified atom stereocenters. The third-order valence-electron chi connectivity index (χ3n) is 8.48. The summed E-state index contributed by atoms with van der Waals surface area (Å²) >= 11 is 12.0. The van der Waals surface area contributed by atoms with E-state index in [1.807, 2.05) is 11.0 Å². The van der Waals surface area contributed by atoms with Gasteiger partial charge in [-0.3, -0.25) is 4.79 Å². The number of benzene rings is 2. The molecule has 1 spiro atoms. The highest BCUT2D eigenvalue weighted by molar-refractivity contribution is 6.42. The number of nitrogens with zero attached hydrogens (tertiary/aromatic N) is 2. The summed E-state index contributed by atoms with van der Waals surface area (Å²) in [5.74, 6) is 0.253. The Kier molecular flexibility index (Phi) is 7.55. The van der Waals surface area contributed by atoms with Gasteiger partial charge in [-0.1, -0.05) is 53.5 Å². The minimum atomic E-state index is -0.330. The van der Waals surface area contributed by atoms with Gasteiger partial charge in [0.2, 0.25) is 5.91 Å². The molecule has 1 aliphatic carbocycles. The first-order valence-corrected chi connectivity index (χ1v) is 13.6. The summed E-state index contributed by atoms with van der Waals surface area (Å²) in [4.78, 5) is 17.0. The van der Waals surface area contributed by atoms with Gasteiger partial charge in [-0.15, -0.1) is 0 Å². The third-order valence-corrected chi connectivity index (χ3v) is 9.22. The van der Waals surface area contributed by atoms with Crippen LogP contribution in [0.1, 0.15) is 48.8 Å². The van der Waals surface area contributed by atoms with Crippen LogP contribution in [-0.2, 0) is 16.6 Å². The standard InChI is InChI=1S/C29H34Cl2N2O2/c30-25-7-5-21(19-26(25)31)6-8-28(35)33-15-10-23(11-16-33)27(34)20-32-17-13-29(14-18-32)12-9-22-3-1-2-4-24(22)29/h1-8,19,23,27,34H,9-18,20H2/b8-6+. The van der Waals surface area contributed by atoms with Crippen LogP contribution < -0.4 is 0 Å². The lowest BCUT2D eigenvalue weighted by atomic mass is 9.73. The first-order chi connectivity index (χ1) is 16.9. The highest BCUT2D eigenvalue weighted by Gasteiger charge is 2.41. The van der Waals surface area contributed by atoms with Crippen LogP contribution in [0.3, 0.4) is 0 Å². The molecule has 1 amide bonds. The predicted octanol–water partition coefficient (Wildman–Crippen LogP) is 5.59. The fraction of sp³-hybridized carbons (Fsp3) is 0.483. The SMILES string of the molecule is O=C(/C=C/c1ccc(Cl)c(Cl)c1)N1CCC(C(O)CN2CCC3(CCc4ccccc43)CC2)CC1. The highest BCUT2D eigenvalue weighted by Crippen LogP contribution is 2.46. The first kappa shape index (κ1) is 24.8. The van der Waals surface area contributed by atoms with Crippen molar-refractivity contribution in [1.82, 2.24) is 9.80 Å². The van der Waals surface area contributed by atoms with Gasteiger partial charge in [-0.2, -0.15) is 0 Å². The van der Waals surface area contributed by atoms with Crippen molar-refractivity contribution in [2.75, 3.05) is 32.7 Å². The maximum absolute atomic E-state index is 12.6. The van der Waals surface area contributed by atoms with Crippen LogP contribution in [0.5, 0.6) is 0 Å². The minimum Gasteiger partial charge on any atom is -0.392 e. The molecule has 0 bridgehead atoms. The average Bonchev–Trinajstić information content (AvgIpc) is 3.24. The number of hydrogen-bond acceptors (Lipinski definition) is 3. The van der Waals surface area contributed by atoms with E-state index in [2.05, 4.69) is 29.2 Å². The fourth-order valence-electron chi connectivity index (χ4n) is 6.25. The Morgan fingerprint density at radius 3 is 2.51 bits per heavy atom. The van der Waals surface area contributed by atoms with Crippen LogP contribution in [0.15, 0.2) is 48.5 Å². The van der Waals surface area contributed by atoms with Gasteiger partial charge in [-0.25, -0.2) is 0 Å². The van der Waals surface area contributed by atoms with E-state index in [9.17, 15) is 9.90 Å². The quantitative estimate of drug-likeness (QED) is 0.531. The molecule has 0 aromatic heterocycles. The fourth-order valence-corrected chi connectivity index (χ4v) is 6.56. The number of β-amino-alcohol motifs (C(OH)–C–C–N with tert-alkyl or cyclic N) is 1. The van der Waals surface area contributed by atoms with Crippen molar-refractivity contribution in [2.24, 2.45) is 5.92 Å². The van der Waals surface area contributed by atoms with E-state index in [-0.39, 0.29) is 17.9 Å². The molecule has 2 saturated heterocycles. The summed E-state index contributed by atoms with van der Waals surface area (Å²) in [5.41, 5.74) is 4.32. The Labute approximate surface area is 218 Å². The van der Waals surface area contributed by atoms with E-state index in [0.29, 0.717) is 28.5 Å². The van der Waals surface area contributed by atoms with Gasteiger partial charge in [0.25, 0.3) is 0 Å². The van der Waals surface area contributed by atoms with Crippen molar-refractivity contribution in [3.05, 3.63) is 75.3 Å². The maximum Gasteiger partial charge on any atom is 0.246 e. The number of carbonyl (C=O) groups is 1. The second kappa shape index (κ2) is 10.6. The zero-order valence-electron chi connectivity index (χ0n) is 20.1. The number of aliphatic hydroxyl groups is 1. The Morgan fingerprint density at radius 2 is 1.77 bits per heavy atom. The molecule has 186 valence electrons. The van der Waals surface area contributed by atoms with Crippen molar-refractivity contribution < 1.29 is 9.90 Å². The van der Waals surface area contributed by atoms with Gasteiger partial charge in [0.15, 0.2) is 0 Å². The van der Waals surface area contributed by atoms with Crippen LogP contribution in [-0.4, -0.2) is 59.6 Å². The summed E-state index contributed by atoms with van der Waals surface area (Å²) in [6.07, 6.45) is 9.59. The lowest BCUT2D eigenvalue weighted by Crippen LogP contribution is -2.47. The van der Waals surface area contributed by atoms with Crippen molar-refractivity contribution in [1.29, 1.82) is 0 Å². The Hall–Kier alpha value is -1.85. The van der Waals surface area contributed by atoms with E-state index in [1.165, 1.54) is 31.2 Å². The maximum atomic E-state index is 12.6. The average molecular weight is 514 g/mol.